The lowest BCUT2D eigenvalue weighted by molar-refractivity contribution is 0.569. The van der Waals surface area contributed by atoms with Crippen molar-refractivity contribution in [3.8, 4) is 11.1 Å². The summed E-state index contributed by atoms with van der Waals surface area (Å²) < 4.78 is 0. The van der Waals surface area contributed by atoms with Crippen molar-refractivity contribution in [1.82, 2.24) is 4.98 Å². The van der Waals surface area contributed by atoms with E-state index in [1.54, 1.807) is 0 Å². The molecule has 0 amide bonds. The lowest BCUT2D eigenvalue weighted by Crippen LogP contribution is -2.12. The van der Waals surface area contributed by atoms with Gasteiger partial charge in [0.15, 0.2) is 0 Å². The molecule has 1 heterocycles. The second-order valence-corrected chi connectivity index (χ2v) is 5.55. The van der Waals surface area contributed by atoms with Crippen molar-refractivity contribution in [1.29, 1.82) is 0 Å². The van der Waals surface area contributed by atoms with Crippen LogP contribution in [-0.4, -0.2) is 4.98 Å². The van der Waals surface area contributed by atoms with Gasteiger partial charge in [0.25, 0.3) is 0 Å². The highest BCUT2D eigenvalue weighted by molar-refractivity contribution is 5.62. The molecule has 17 heavy (non-hydrogen) atoms. The molecule has 0 spiro atoms. The van der Waals surface area contributed by atoms with Crippen LogP contribution in [0.4, 0.5) is 0 Å². The predicted octanol–water partition coefficient (Wildman–Crippen LogP) is 4.35. The van der Waals surface area contributed by atoms with Crippen LogP contribution in [0.25, 0.3) is 11.1 Å². The number of pyridine rings is 1. The molecule has 1 heteroatoms. The van der Waals surface area contributed by atoms with E-state index in [-0.39, 0.29) is 5.41 Å². The number of rotatable bonds is 1. The predicted molar refractivity (Wildman–Crippen MR) is 73.1 cm³/mol. The van der Waals surface area contributed by atoms with Gasteiger partial charge in [-0.15, -0.1) is 0 Å². The van der Waals surface area contributed by atoms with E-state index >= 15 is 0 Å². The van der Waals surface area contributed by atoms with Crippen LogP contribution in [0.3, 0.4) is 0 Å². The Hall–Kier alpha value is -1.63. The van der Waals surface area contributed by atoms with Gasteiger partial charge in [0.2, 0.25) is 0 Å². The van der Waals surface area contributed by atoms with Crippen LogP contribution in [0.5, 0.6) is 0 Å². The normalized spacial score (nSPS) is 11.5. The van der Waals surface area contributed by atoms with Gasteiger partial charge in [-0.1, -0.05) is 56.7 Å². The summed E-state index contributed by atoms with van der Waals surface area (Å²) in [6.07, 6.45) is 1.96. The van der Waals surface area contributed by atoms with E-state index in [2.05, 4.69) is 69.1 Å². The van der Waals surface area contributed by atoms with Crippen molar-refractivity contribution >= 4 is 0 Å². The molecule has 1 aromatic carbocycles. The van der Waals surface area contributed by atoms with Crippen LogP contribution >= 0.6 is 0 Å². The van der Waals surface area contributed by atoms with E-state index in [4.69, 9.17) is 0 Å². The number of hydrogen-bond donors (Lipinski definition) is 0. The van der Waals surface area contributed by atoms with Crippen molar-refractivity contribution in [3.05, 3.63) is 53.9 Å². The molecule has 2 rings (SSSR count). The molecule has 0 saturated carbocycles. The number of benzene rings is 1. The standard InChI is InChI=1S/C16H19N/c1-12-5-7-13(8-6-12)14-9-10-15(17-11-14)16(2,3)4/h5-11H,1-4H3. The molecular formula is C16H19N. The van der Waals surface area contributed by atoms with Crippen molar-refractivity contribution in [2.45, 2.75) is 33.1 Å². The Bertz CT molecular complexity index is 487. The summed E-state index contributed by atoms with van der Waals surface area (Å²) >= 11 is 0. The van der Waals surface area contributed by atoms with Gasteiger partial charge < -0.3 is 0 Å². The molecule has 0 atom stereocenters. The van der Waals surface area contributed by atoms with E-state index in [0.717, 1.165) is 5.69 Å². The van der Waals surface area contributed by atoms with E-state index in [9.17, 15) is 0 Å². The average molecular weight is 225 g/mol. The number of aryl methyl sites for hydroxylation is 1. The third-order valence-electron chi connectivity index (χ3n) is 2.92. The Morgan fingerprint density at radius 3 is 1.88 bits per heavy atom. The molecule has 0 aliphatic rings. The van der Waals surface area contributed by atoms with Crippen LogP contribution in [0.2, 0.25) is 0 Å². The second-order valence-electron chi connectivity index (χ2n) is 5.55. The summed E-state index contributed by atoms with van der Waals surface area (Å²) in [6.45, 7) is 8.65. The lowest BCUT2D eigenvalue weighted by Gasteiger charge is -2.17. The zero-order chi connectivity index (χ0) is 12.5. The molecule has 0 radical (unpaired) electrons. The lowest BCUT2D eigenvalue weighted by atomic mass is 9.91. The van der Waals surface area contributed by atoms with Gasteiger partial charge in [0, 0.05) is 22.9 Å². The highest BCUT2D eigenvalue weighted by Crippen LogP contribution is 2.23. The highest BCUT2D eigenvalue weighted by Gasteiger charge is 2.14. The Balaban J connectivity index is 2.33. The molecule has 0 unspecified atom stereocenters. The van der Waals surface area contributed by atoms with Gasteiger partial charge in [-0.25, -0.2) is 0 Å². The molecule has 0 saturated heterocycles. The van der Waals surface area contributed by atoms with Crippen LogP contribution < -0.4 is 0 Å². The smallest absolute Gasteiger partial charge is 0.0457 e. The Kier molecular flexibility index (Phi) is 3.01. The maximum Gasteiger partial charge on any atom is 0.0457 e. The monoisotopic (exact) mass is 225 g/mol. The van der Waals surface area contributed by atoms with Crippen LogP contribution in [-0.2, 0) is 5.41 Å². The topological polar surface area (TPSA) is 12.9 Å². The van der Waals surface area contributed by atoms with E-state index in [1.807, 2.05) is 6.20 Å². The highest BCUT2D eigenvalue weighted by atomic mass is 14.7. The summed E-state index contributed by atoms with van der Waals surface area (Å²) in [4.78, 5) is 4.55. The zero-order valence-corrected chi connectivity index (χ0v) is 11.0. The molecule has 1 aromatic heterocycles. The van der Waals surface area contributed by atoms with Gasteiger partial charge in [-0.3, -0.25) is 4.98 Å². The fraction of sp³-hybridized carbons (Fsp3) is 0.312. The van der Waals surface area contributed by atoms with Gasteiger partial charge in [-0.05, 0) is 18.6 Å². The average Bonchev–Trinajstić information content (AvgIpc) is 2.29. The third kappa shape index (κ3) is 2.73. The maximum atomic E-state index is 4.55. The van der Waals surface area contributed by atoms with Crippen LogP contribution in [0, 0.1) is 6.92 Å². The Labute approximate surface area is 104 Å². The minimum atomic E-state index is 0.117. The summed E-state index contributed by atoms with van der Waals surface area (Å²) in [5, 5.41) is 0. The van der Waals surface area contributed by atoms with Crippen LogP contribution in [0.1, 0.15) is 32.0 Å². The van der Waals surface area contributed by atoms with Gasteiger partial charge in [0.05, 0.1) is 0 Å². The Morgan fingerprint density at radius 1 is 0.824 bits per heavy atom. The number of aromatic nitrogens is 1. The van der Waals surface area contributed by atoms with E-state index < -0.39 is 0 Å². The number of nitrogens with zero attached hydrogens (tertiary/aromatic N) is 1. The quantitative estimate of drug-likeness (QED) is 0.703. The first-order valence-corrected chi connectivity index (χ1v) is 6.00. The molecule has 0 aliphatic carbocycles. The van der Waals surface area contributed by atoms with Crippen LogP contribution in [0.15, 0.2) is 42.6 Å². The molecule has 0 N–H and O–H groups in total. The van der Waals surface area contributed by atoms with Crippen molar-refractivity contribution in [3.63, 3.8) is 0 Å². The zero-order valence-electron chi connectivity index (χ0n) is 11.0. The SMILES string of the molecule is Cc1ccc(-c2ccc(C(C)(C)C)nc2)cc1. The van der Waals surface area contributed by atoms with E-state index in [1.165, 1.54) is 16.7 Å². The molecule has 0 aliphatic heterocycles. The Morgan fingerprint density at radius 2 is 1.41 bits per heavy atom. The molecule has 1 nitrogen and oxygen atoms in total. The van der Waals surface area contributed by atoms with Crippen molar-refractivity contribution < 1.29 is 0 Å². The van der Waals surface area contributed by atoms with Gasteiger partial charge in [-0.2, -0.15) is 0 Å². The fourth-order valence-electron chi connectivity index (χ4n) is 1.75. The van der Waals surface area contributed by atoms with Gasteiger partial charge in [0.1, 0.15) is 0 Å². The fourth-order valence-corrected chi connectivity index (χ4v) is 1.75. The third-order valence-corrected chi connectivity index (χ3v) is 2.92. The number of hydrogen-bond acceptors (Lipinski definition) is 1. The molecule has 2 aromatic rings. The summed E-state index contributed by atoms with van der Waals surface area (Å²) in [6, 6.07) is 12.8. The first-order chi connectivity index (χ1) is 7.97. The first-order valence-electron chi connectivity index (χ1n) is 6.00. The van der Waals surface area contributed by atoms with E-state index in [0.29, 0.717) is 0 Å². The maximum absolute atomic E-state index is 4.55. The summed E-state index contributed by atoms with van der Waals surface area (Å²) in [5.74, 6) is 0. The first kappa shape index (κ1) is 11.8. The summed E-state index contributed by atoms with van der Waals surface area (Å²) in [5.41, 5.74) is 4.94. The van der Waals surface area contributed by atoms with Crippen molar-refractivity contribution in [2.75, 3.05) is 0 Å². The van der Waals surface area contributed by atoms with Gasteiger partial charge >= 0.3 is 0 Å². The summed E-state index contributed by atoms with van der Waals surface area (Å²) in [7, 11) is 0. The molecule has 0 bridgehead atoms. The van der Waals surface area contributed by atoms with Crippen molar-refractivity contribution in [2.24, 2.45) is 0 Å². The minimum absolute atomic E-state index is 0.117. The molecule has 0 fully saturated rings. The molecular weight excluding hydrogens is 206 g/mol. The minimum Gasteiger partial charge on any atom is -0.260 e. The second kappa shape index (κ2) is 4.33. The molecule has 88 valence electrons. The largest absolute Gasteiger partial charge is 0.260 e.